The Hall–Kier alpha value is -1.75. The van der Waals surface area contributed by atoms with Crippen LogP contribution in [0.2, 0.25) is 0 Å². The lowest BCUT2D eigenvalue weighted by atomic mass is 9.99. The first-order valence-corrected chi connectivity index (χ1v) is 5.83. The second-order valence-electron chi connectivity index (χ2n) is 4.08. The van der Waals surface area contributed by atoms with Crippen molar-refractivity contribution in [2.75, 3.05) is 13.9 Å². The monoisotopic (exact) mass is 252 g/mol. The number of carbonyl (C=O) groups is 1. The molecule has 0 saturated carbocycles. The Kier molecular flexibility index (Phi) is 4.04. The maximum atomic E-state index is 10.6. The molecule has 1 heterocycles. The lowest BCUT2D eigenvalue weighted by Gasteiger charge is -2.22. The van der Waals surface area contributed by atoms with Gasteiger partial charge in [-0.1, -0.05) is 0 Å². The minimum atomic E-state index is -0.786. The lowest BCUT2D eigenvalue weighted by Crippen LogP contribution is -2.14. The number of hydrogen-bond acceptors (Lipinski definition) is 4. The van der Waals surface area contributed by atoms with Gasteiger partial charge >= 0.3 is 5.97 Å². The van der Waals surface area contributed by atoms with Crippen LogP contribution >= 0.6 is 0 Å². The highest BCUT2D eigenvalue weighted by atomic mass is 16.7. The molecule has 0 saturated heterocycles. The number of methoxy groups -OCH3 is 1. The summed E-state index contributed by atoms with van der Waals surface area (Å²) in [7, 11) is 1.60. The molecule has 1 aromatic carbocycles. The van der Waals surface area contributed by atoms with Crippen LogP contribution < -0.4 is 9.47 Å². The second kappa shape index (κ2) is 5.73. The SMILES string of the molecule is COc1ccc2c(c1CCCC(=O)O)COCO2. The van der Waals surface area contributed by atoms with E-state index in [4.69, 9.17) is 19.3 Å². The summed E-state index contributed by atoms with van der Waals surface area (Å²) >= 11 is 0. The normalized spacial score (nSPS) is 13.6. The topological polar surface area (TPSA) is 65.0 Å². The Labute approximate surface area is 105 Å². The molecule has 1 aliphatic rings. The second-order valence-corrected chi connectivity index (χ2v) is 4.08. The Morgan fingerprint density at radius 2 is 2.33 bits per heavy atom. The fraction of sp³-hybridized carbons (Fsp3) is 0.462. The van der Waals surface area contributed by atoms with Crippen molar-refractivity contribution in [1.82, 2.24) is 0 Å². The molecule has 0 spiro atoms. The highest BCUT2D eigenvalue weighted by Crippen LogP contribution is 2.34. The highest BCUT2D eigenvalue weighted by Gasteiger charge is 2.18. The minimum absolute atomic E-state index is 0.147. The molecule has 0 radical (unpaired) electrons. The van der Waals surface area contributed by atoms with Gasteiger partial charge in [-0.15, -0.1) is 0 Å². The predicted molar refractivity (Wildman–Crippen MR) is 63.9 cm³/mol. The number of carboxylic acid groups (broad SMARTS) is 1. The molecular weight excluding hydrogens is 236 g/mol. The van der Waals surface area contributed by atoms with Crippen molar-refractivity contribution < 1.29 is 24.1 Å². The maximum absolute atomic E-state index is 10.6. The zero-order valence-corrected chi connectivity index (χ0v) is 10.3. The molecule has 1 N–H and O–H groups in total. The molecule has 0 aliphatic carbocycles. The van der Waals surface area contributed by atoms with Gasteiger partial charge in [-0.2, -0.15) is 0 Å². The van der Waals surface area contributed by atoms with E-state index in [1.165, 1.54) is 0 Å². The summed E-state index contributed by atoms with van der Waals surface area (Å²) in [6, 6.07) is 3.71. The average molecular weight is 252 g/mol. The van der Waals surface area contributed by atoms with Crippen LogP contribution in [0.4, 0.5) is 0 Å². The average Bonchev–Trinajstić information content (AvgIpc) is 2.38. The first-order valence-electron chi connectivity index (χ1n) is 5.83. The molecule has 2 rings (SSSR count). The molecule has 18 heavy (non-hydrogen) atoms. The fourth-order valence-electron chi connectivity index (χ4n) is 2.07. The Balaban J connectivity index is 2.21. The minimum Gasteiger partial charge on any atom is -0.496 e. The summed E-state index contributed by atoms with van der Waals surface area (Å²) in [5.41, 5.74) is 1.95. The number of rotatable bonds is 5. The van der Waals surface area contributed by atoms with Crippen molar-refractivity contribution in [2.24, 2.45) is 0 Å². The summed E-state index contributed by atoms with van der Waals surface area (Å²) < 4.78 is 16.0. The summed E-state index contributed by atoms with van der Waals surface area (Å²) in [4.78, 5) is 10.6. The van der Waals surface area contributed by atoms with Crippen molar-refractivity contribution in [3.63, 3.8) is 0 Å². The smallest absolute Gasteiger partial charge is 0.303 e. The van der Waals surface area contributed by atoms with E-state index < -0.39 is 5.97 Å². The molecule has 98 valence electrons. The van der Waals surface area contributed by atoms with Gasteiger partial charge in [0.05, 0.1) is 13.7 Å². The maximum Gasteiger partial charge on any atom is 0.303 e. The molecule has 5 heteroatoms. The lowest BCUT2D eigenvalue weighted by molar-refractivity contribution is -0.137. The quantitative estimate of drug-likeness (QED) is 0.867. The predicted octanol–water partition coefficient (Wildman–Crippen LogP) is 1.97. The van der Waals surface area contributed by atoms with Crippen molar-refractivity contribution in [3.8, 4) is 11.5 Å². The third kappa shape index (κ3) is 2.73. The van der Waals surface area contributed by atoms with E-state index in [0.29, 0.717) is 19.4 Å². The largest absolute Gasteiger partial charge is 0.496 e. The number of hydrogen-bond donors (Lipinski definition) is 1. The molecule has 0 atom stereocenters. The summed E-state index contributed by atoms with van der Waals surface area (Å²) in [6.07, 6.45) is 1.36. The first-order chi connectivity index (χ1) is 8.72. The molecular formula is C13H16O5. The first kappa shape index (κ1) is 12.7. The number of fused-ring (bicyclic) bond motifs is 1. The molecule has 1 aromatic rings. The van der Waals surface area contributed by atoms with Gasteiger partial charge in [0.2, 0.25) is 0 Å². The van der Waals surface area contributed by atoms with Crippen LogP contribution in [0.1, 0.15) is 24.0 Å². The van der Waals surface area contributed by atoms with Crippen LogP contribution in [-0.2, 0) is 22.6 Å². The van der Waals surface area contributed by atoms with Gasteiger partial charge < -0.3 is 19.3 Å². The highest BCUT2D eigenvalue weighted by molar-refractivity contribution is 5.66. The molecule has 0 aromatic heterocycles. The number of aliphatic carboxylic acids is 1. The van der Waals surface area contributed by atoms with Crippen LogP contribution in [0.25, 0.3) is 0 Å². The zero-order valence-electron chi connectivity index (χ0n) is 10.3. The van der Waals surface area contributed by atoms with Crippen LogP contribution in [-0.4, -0.2) is 25.0 Å². The molecule has 5 nitrogen and oxygen atoms in total. The van der Waals surface area contributed by atoms with E-state index in [1.54, 1.807) is 7.11 Å². The Bertz CT molecular complexity index is 441. The van der Waals surface area contributed by atoms with E-state index in [1.807, 2.05) is 12.1 Å². The van der Waals surface area contributed by atoms with Gasteiger partial charge in [-0.3, -0.25) is 4.79 Å². The van der Waals surface area contributed by atoms with Gasteiger partial charge in [0, 0.05) is 17.5 Å². The number of ether oxygens (including phenoxy) is 3. The molecule has 1 aliphatic heterocycles. The number of benzene rings is 1. The van der Waals surface area contributed by atoms with E-state index in [2.05, 4.69) is 0 Å². The van der Waals surface area contributed by atoms with Crippen LogP contribution in [0.3, 0.4) is 0 Å². The van der Waals surface area contributed by atoms with Crippen molar-refractivity contribution in [3.05, 3.63) is 23.3 Å². The van der Waals surface area contributed by atoms with Crippen molar-refractivity contribution in [2.45, 2.75) is 25.9 Å². The summed E-state index contributed by atoms with van der Waals surface area (Å²) in [5, 5.41) is 8.68. The van der Waals surface area contributed by atoms with Crippen molar-refractivity contribution in [1.29, 1.82) is 0 Å². The van der Waals surface area contributed by atoms with Gasteiger partial charge in [-0.25, -0.2) is 0 Å². The van der Waals surface area contributed by atoms with Gasteiger partial charge in [-0.05, 0) is 25.0 Å². The zero-order chi connectivity index (χ0) is 13.0. The van der Waals surface area contributed by atoms with E-state index in [-0.39, 0.29) is 13.2 Å². The van der Waals surface area contributed by atoms with Crippen LogP contribution in [0, 0.1) is 0 Å². The number of carboxylic acids is 1. The van der Waals surface area contributed by atoms with Gasteiger partial charge in [0.15, 0.2) is 6.79 Å². The van der Waals surface area contributed by atoms with E-state index in [9.17, 15) is 4.79 Å². The molecule has 0 unspecified atom stereocenters. The Morgan fingerprint density at radius 1 is 1.50 bits per heavy atom. The van der Waals surface area contributed by atoms with Gasteiger partial charge in [0.1, 0.15) is 11.5 Å². The summed E-state index contributed by atoms with van der Waals surface area (Å²) in [6.45, 7) is 0.739. The molecule has 0 fully saturated rings. The van der Waals surface area contributed by atoms with Crippen LogP contribution in [0.15, 0.2) is 12.1 Å². The third-order valence-corrected chi connectivity index (χ3v) is 2.93. The van der Waals surface area contributed by atoms with Crippen LogP contribution in [0.5, 0.6) is 11.5 Å². The van der Waals surface area contributed by atoms with E-state index >= 15 is 0 Å². The standard InChI is InChI=1S/C13H16O5/c1-16-11-5-6-12-10(7-17-8-18-12)9(11)3-2-4-13(14)15/h5-6H,2-4,7-8H2,1H3,(H,14,15). The molecule has 0 amide bonds. The molecule has 0 bridgehead atoms. The summed E-state index contributed by atoms with van der Waals surface area (Å²) in [5.74, 6) is 0.770. The Morgan fingerprint density at radius 3 is 3.06 bits per heavy atom. The van der Waals surface area contributed by atoms with E-state index in [0.717, 1.165) is 22.6 Å². The third-order valence-electron chi connectivity index (χ3n) is 2.93. The fourth-order valence-corrected chi connectivity index (χ4v) is 2.07. The van der Waals surface area contributed by atoms with Gasteiger partial charge in [0.25, 0.3) is 0 Å². The van der Waals surface area contributed by atoms with Crippen molar-refractivity contribution >= 4 is 5.97 Å².